The summed E-state index contributed by atoms with van der Waals surface area (Å²) in [4.78, 5) is 0.499. The van der Waals surface area contributed by atoms with Gasteiger partial charge in [0.15, 0.2) is 21.3 Å². The van der Waals surface area contributed by atoms with Crippen LogP contribution in [0, 0.1) is 6.92 Å². The van der Waals surface area contributed by atoms with E-state index in [0.29, 0.717) is 23.7 Å². The smallest absolute Gasteiger partial charge is 0.178 e. The zero-order valence-electron chi connectivity index (χ0n) is 18.9. The minimum Gasteiger partial charge on any atom is -0.493 e. The summed E-state index contributed by atoms with van der Waals surface area (Å²) >= 11 is 0. The monoisotopic (exact) mass is 450 g/mol. The third-order valence-corrected chi connectivity index (χ3v) is 8.24. The van der Waals surface area contributed by atoms with E-state index in [1.165, 1.54) is 0 Å². The van der Waals surface area contributed by atoms with Gasteiger partial charge >= 0.3 is 0 Å². The van der Waals surface area contributed by atoms with Gasteiger partial charge in [-0.05, 0) is 66.5 Å². The molecule has 32 heavy (non-hydrogen) atoms. The number of hydrogen-bond donors (Lipinski definition) is 0. The number of sulfone groups is 1. The van der Waals surface area contributed by atoms with E-state index in [1.807, 2.05) is 61.5 Å². The van der Waals surface area contributed by atoms with Crippen LogP contribution in [-0.4, -0.2) is 21.3 Å². The SMILES string of the molecule is COc1cc(CCC2(C)CCS(=O)(=O)c3ccc(C)cc32)ccc1OCc1ccccc1. The maximum absolute atomic E-state index is 12.6. The van der Waals surface area contributed by atoms with E-state index in [-0.39, 0.29) is 11.2 Å². The van der Waals surface area contributed by atoms with Crippen molar-refractivity contribution >= 4 is 9.84 Å². The third-order valence-electron chi connectivity index (χ3n) is 6.47. The summed E-state index contributed by atoms with van der Waals surface area (Å²) in [6.45, 7) is 4.69. The van der Waals surface area contributed by atoms with Crippen LogP contribution in [0.1, 0.15) is 42.0 Å². The van der Waals surface area contributed by atoms with Gasteiger partial charge in [-0.2, -0.15) is 0 Å². The number of methoxy groups -OCH3 is 1. The van der Waals surface area contributed by atoms with Crippen molar-refractivity contribution in [3.63, 3.8) is 0 Å². The molecule has 0 radical (unpaired) electrons. The summed E-state index contributed by atoms with van der Waals surface area (Å²) < 4.78 is 36.8. The van der Waals surface area contributed by atoms with Crippen LogP contribution in [0.3, 0.4) is 0 Å². The lowest BCUT2D eigenvalue weighted by Crippen LogP contribution is -2.33. The number of fused-ring (bicyclic) bond motifs is 1. The number of rotatable bonds is 7. The van der Waals surface area contributed by atoms with Gasteiger partial charge in [-0.3, -0.25) is 0 Å². The van der Waals surface area contributed by atoms with Crippen LogP contribution >= 0.6 is 0 Å². The molecule has 4 nitrogen and oxygen atoms in total. The summed E-state index contributed by atoms with van der Waals surface area (Å²) in [6, 6.07) is 21.8. The second kappa shape index (κ2) is 8.99. The highest BCUT2D eigenvalue weighted by atomic mass is 32.2. The molecule has 5 heteroatoms. The largest absolute Gasteiger partial charge is 0.493 e. The number of benzene rings is 3. The highest BCUT2D eigenvalue weighted by Gasteiger charge is 2.38. The van der Waals surface area contributed by atoms with Gasteiger partial charge in [0.1, 0.15) is 6.61 Å². The van der Waals surface area contributed by atoms with Crippen molar-refractivity contribution in [2.24, 2.45) is 0 Å². The van der Waals surface area contributed by atoms with E-state index < -0.39 is 9.84 Å². The van der Waals surface area contributed by atoms with Gasteiger partial charge in [0.05, 0.1) is 17.8 Å². The molecular weight excluding hydrogens is 420 g/mol. The Morgan fingerprint density at radius 2 is 1.72 bits per heavy atom. The van der Waals surface area contributed by atoms with Crippen molar-refractivity contribution in [1.29, 1.82) is 0 Å². The minimum atomic E-state index is -3.19. The standard InChI is InChI=1S/C27H30O4S/c1-20-9-12-26-23(17-20)27(2,15-16-32(26,28)29)14-13-21-10-11-24(25(18-21)30-3)31-19-22-7-5-4-6-8-22/h4-12,17-18H,13-16,19H2,1-3H3. The van der Waals surface area contributed by atoms with Crippen molar-refractivity contribution in [3.8, 4) is 11.5 Å². The summed E-state index contributed by atoms with van der Waals surface area (Å²) in [7, 11) is -1.54. The summed E-state index contributed by atoms with van der Waals surface area (Å²) in [5, 5.41) is 0. The first-order valence-electron chi connectivity index (χ1n) is 11.0. The molecule has 0 saturated carbocycles. The first kappa shape index (κ1) is 22.4. The van der Waals surface area contributed by atoms with Crippen molar-refractivity contribution < 1.29 is 17.9 Å². The average molecular weight is 451 g/mol. The molecule has 0 N–H and O–H groups in total. The van der Waals surface area contributed by atoms with E-state index in [1.54, 1.807) is 13.2 Å². The summed E-state index contributed by atoms with van der Waals surface area (Å²) in [5.41, 5.74) is 4.13. The number of aryl methyl sites for hydroxylation is 2. The molecule has 168 valence electrons. The van der Waals surface area contributed by atoms with Gasteiger partial charge in [-0.15, -0.1) is 0 Å². The molecule has 0 spiro atoms. The van der Waals surface area contributed by atoms with Crippen LogP contribution in [0.5, 0.6) is 11.5 Å². The second-order valence-electron chi connectivity index (χ2n) is 8.89. The van der Waals surface area contributed by atoms with Crippen molar-refractivity contribution in [1.82, 2.24) is 0 Å². The molecule has 1 heterocycles. The first-order chi connectivity index (χ1) is 15.3. The second-order valence-corrected chi connectivity index (χ2v) is 11.0. The Morgan fingerprint density at radius 3 is 2.47 bits per heavy atom. The van der Waals surface area contributed by atoms with Gasteiger partial charge in [0.25, 0.3) is 0 Å². The zero-order valence-corrected chi connectivity index (χ0v) is 19.7. The molecule has 0 aromatic heterocycles. The van der Waals surface area contributed by atoms with E-state index in [9.17, 15) is 8.42 Å². The molecule has 1 unspecified atom stereocenters. The maximum Gasteiger partial charge on any atom is 0.178 e. The lowest BCUT2D eigenvalue weighted by atomic mass is 9.75. The Morgan fingerprint density at radius 1 is 0.938 bits per heavy atom. The number of ether oxygens (including phenoxy) is 2. The molecule has 0 amide bonds. The highest BCUT2D eigenvalue weighted by Crippen LogP contribution is 2.42. The van der Waals surface area contributed by atoms with Crippen LogP contribution in [0.25, 0.3) is 0 Å². The number of hydrogen-bond acceptors (Lipinski definition) is 4. The molecule has 0 aliphatic carbocycles. The summed E-state index contributed by atoms with van der Waals surface area (Å²) in [5.74, 6) is 1.64. The van der Waals surface area contributed by atoms with Crippen LogP contribution in [-0.2, 0) is 28.3 Å². The molecule has 3 aromatic carbocycles. The molecule has 1 aliphatic heterocycles. The Kier molecular flexibility index (Phi) is 6.29. The quantitative estimate of drug-likeness (QED) is 0.467. The van der Waals surface area contributed by atoms with Crippen molar-refractivity contribution in [2.75, 3.05) is 12.9 Å². The molecule has 0 fully saturated rings. The van der Waals surface area contributed by atoms with Crippen LogP contribution in [0.4, 0.5) is 0 Å². The van der Waals surface area contributed by atoms with E-state index >= 15 is 0 Å². The molecular formula is C27H30O4S. The van der Waals surface area contributed by atoms with Gasteiger partial charge in [-0.1, -0.05) is 61.0 Å². The predicted octanol–water partition coefficient (Wildman–Crippen LogP) is 5.65. The maximum atomic E-state index is 12.6. The molecule has 4 rings (SSSR count). The van der Waals surface area contributed by atoms with Crippen LogP contribution < -0.4 is 9.47 Å². The minimum absolute atomic E-state index is 0.178. The van der Waals surface area contributed by atoms with Crippen molar-refractivity contribution in [2.45, 2.75) is 50.0 Å². The van der Waals surface area contributed by atoms with Gasteiger partial charge in [0, 0.05) is 0 Å². The molecule has 0 saturated heterocycles. The Balaban J connectivity index is 1.51. The van der Waals surface area contributed by atoms with E-state index in [2.05, 4.69) is 13.0 Å². The summed E-state index contributed by atoms with van der Waals surface area (Å²) in [6.07, 6.45) is 2.34. The topological polar surface area (TPSA) is 52.6 Å². The van der Waals surface area contributed by atoms with Crippen LogP contribution in [0.2, 0.25) is 0 Å². The Labute approximate surface area is 191 Å². The fourth-order valence-electron chi connectivity index (χ4n) is 4.39. The molecule has 1 aliphatic rings. The third kappa shape index (κ3) is 4.68. The fourth-order valence-corrected chi connectivity index (χ4v) is 6.25. The zero-order chi connectivity index (χ0) is 22.8. The van der Waals surface area contributed by atoms with E-state index in [0.717, 1.165) is 40.8 Å². The van der Waals surface area contributed by atoms with Crippen molar-refractivity contribution in [3.05, 3.63) is 89.0 Å². The van der Waals surface area contributed by atoms with E-state index in [4.69, 9.17) is 9.47 Å². The lowest BCUT2D eigenvalue weighted by Gasteiger charge is -2.36. The Bertz CT molecular complexity index is 1200. The normalized spacial score (nSPS) is 19.2. The predicted molar refractivity (Wildman–Crippen MR) is 127 cm³/mol. The van der Waals surface area contributed by atoms with Gasteiger partial charge in [0.2, 0.25) is 0 Å². The lowest BCUT2D eigenvalue weighted by molar-refractivity contribution is 0.284. The van der Waals surface area contributed by atoms with Gasteiger partial charge < -0.3 is 9.47 Å². The Hall–Kier alpha value is -2.79. The van der Waals surface area contributed by atoms with Gasteiger partial charge in [-0.25, -0.2) is 8.42 Å². The fraction of sp³-hybridized carbons (Fsp3) is 0.333. The average Bonchev–Trinajstić information content (AvgIpc) is 2.80. The molecule has 1 atom stereocenters. The molecule has 3 aromatic rings. The van der Waals surface area contributed by atoms with Crippen LogP contribution in [0.15, 0.2) is 71.6 Å². The molecule has 0 bridgehead atoms. The highest BCUT2D eigenvalue weighted by molar-refractivity contribution is 7.91. The first-order valence-corrected chi connectivity index (χ1v) is 12.6.